The molecule has 2 rings (SSSR count). The van der Waals surface area contributed by atoms with Gasteiger partial charge in [-0.2, -0.15) is 0 Å². The zero-order valence-corrected chi connectivity index (χ0v) is 12.1. The van der Waals surface area contributed by atoms with Crippen molar-refractivity contribution in [3.05, 3.63) is 28.5 Å². The number of aromatic nitrogens is 1. The summed E-state index contributed by atoms with van der Waals surface area (Å²) in [6.45, 7) is 4.39. The molecular formula is C14H21BrN2. The molecule has 1 aliphatic rings. The van der Waals surface area contributed by atoms with Crippen LogP contribution in [0.5, 0.6) is 0 Å². The Kier molecular flexibility index (Phi) is 4.57. The third-order valence-corrected chi connectivity index (χ3v) is 4.23. The molecule has 0 radical (unpaired) electrons. The van der Waals surface area contributed by atoms with Gasteiger partial charge in [0.05, 0.1) is 0 Å². The number of pyridine rings is 1. The summed E-state index contributed by atoms with van der Waals surface area (Å²) >= 11 is 3.44. The molecule has 1 fully saturated rings. The molecule has 0 aromatic carbocycles. The van der Waals surface area contributed by atoms with Crippen LogP contribution >= 0.6 is 15.9 Å². The second-order valence-corrected chi connectivity index (χ2v) is 6.05. The minimum absolute atomic E-state index is 0.455. The monoisotopic (exact) mass is 296 g/mol. The Labute approximate surface area is 112 Å². The van der Waals surface area contributed by atoms with E-state index < -0.39 is 0 Å². The highest BCUT2D eigenvalue weighted by Crippen LogP contribution is 2.40. The summed E-state index contributed by atoms with van der Waals surface area (Å²) in [7, 11) is 0. The number of rotatable bonds is 5. The van der Waals surface area contributed by atoms with Gasteiger partial charge in [-0.25, -0.2) is 0 Å². The van der Waals surface area contributed by atoms with Crippen LogP contribution in [-0.4, -0.2) is 18.1 Å². The van der Waals surface area contributed by atoms with E-state index in [-0.39, 0.29) is 0 Å². The summed E-state index contributed by atoms with van der Waals surface area (Å²) in [6.07, 6.45) is 8.47. The molecule has 0 atom stereocenters. The van der Waals surface area contributed by atoms with E-state index in [9.17, 15) is 0 Å². The van der Waals surface area contributed by atoms with Crippen LogP contribution in [0.15, 0.2) is 22.8 Å². The summed E-state index contributed by atoms with van der Waals surface area (Å²) in [5.74, 6) is 0. The van der Waals surface area contributed by atoms with Gasteiger partial charge < -0.3 is 5.32 Å². The maximum absolute atomic E-state index is 4.52. The maximum atomic E-state index is 4.52. The highest BCUT2D eigenvalue weighted by Gasteiger charge is 2.33. The molecule has 0 amide bonds. The number of halogens is 1. The molecule has 1 aliphatic carbocycles. The van der Waals surface area contributed by atoms with Crippen molar-refractivity contribution in [1.82, 2.24) is 10.3 Å². The van der Waals surface area contributed by atoms with Crippen LogP contribution in [0.3, 0.4) is 0 Å². The molecule has 0 saturated heterocycles. The lowest BCUT2D eigenvalue weighted by molar-refractivity contribution is 0.277. The van der Waals surface area contributed by atoms with Crippen molar-refractivity contribution in [1.29, 1.82) is 0 Å². The fraction of sp³-hybridized carbons (Fsp3) is 0.643. The van der Waals surface area contributed by atoms with Crippen molar-refractivity contribution >= 4 is 15.9 Å². The van der Waals surface area contributed by atoms with Gasteiger partial charge in [0.25, 0.3) is 0 Å². The van der Waals surface area contributed by atoms with Gasteiger partial charge in [-0.3, -0.25) is 4.98 Å². The van der Waals surface area contributed by atoms with E-state index in [2.05, 4.69) is 45.3 Å². The first-order chi connectivity index (χ1) is 8.24. The van der Waals surface area contributed by atoms with Crippen LogP contribution in [0.4, 0.5) is 0 Å². The minimum Gasteiger partial charge on any atom is -0.316 e. The molecule has 17 heavy (non-hydrogen) atoms. The van der Waals surface area contributed by atoms with Gasteiger partial charge in [-0.1, -0.05) is 19.8 Å². The average Bonchev–Trinajstić information content (AvgIpc) is 2.79. The van der Waals surface area contributed by atoms with E-state index in [1.165, 1.54) is 31.4 Å². The maximum Gasteiger partial charge on any atom is 0.0413 e. The predicted molar refractivity (Wildman–Crippen MR) is 75.1 cm³/mol. The van der Waals surface area contributed by atoms with Crippen molar-refractivity contribution in [2.45, 2.75) is 39.0 Å². The van der Waals surface area contributed by atoms with Gasteiger partial charge in [-0.15, -0.1) is 0 Å². The second-order valence-electron chi connectivity index (χ2n) is 5.13. The summed E-state index contributed by atoms with van der Waals surface area (Å²) in [4.78, 5) is 4.52. The fourth-order valence-electron chi connectivity index (χ4n) is 2.83. The second kappa shape index (κ2) is 5.96. The number of hydrogen-bond donors (Lipinski definition) is 1. The Bertz CT molecular complexity index is 342. The molecule has 0 bridgehead atoms. The van der Waals surface area contributed by atoms with E-state index in [0.29, 0.717) is 5.41 Å². The molecule has 1 aromatic heterocycles. The lowest BCUT2D eigenvalue weighted by atomic mass is 9.81. The zero-order chi connectivity index (χ0) is 12.1. The Balaban J connectivity index is 2.04. The van der Waals surface area contributed by atoms with Gasteiger partial charge >= 0.3 is 0 Å². The molecule has 1 aromatic rings. The Hall–Kier alpha value is -0.410. The first kappa shape index (κ1) is 13.0. The minimum atomic E-state index is 0.455. The highest BCUT2D eigenvalue weighted by atomic mass is 79.9. The fourth-order valence-corrected chi connectivity index (χ4v) is 3.06. The molecule has 2 nitrogen and oxygen atoms in total. The van der Waals surface area contributed by atoms with Gasteiger partial charge in [0, 0.05) is 22.9 Å². The third kappa shape index (κ3) is 3.52. The topological polar surface area (TPSA) is 24.9 Å². The lowest BCUT2D eigenvalue weighted by Gasteiger charge is -2.29. The number of nitrogens with one attached hydrogen (secondary N) is 1. The standard InChI is InChI=1S/C14H21BrN2/c1-2-16-11-14(7-3-4-8-14)9-13-6-5-12(15)10-17-13/h5-6,10,16H,2-4,7-9,11H2,1H3. The summed E-state index contributed by atoms with van der Waals surface area (Å²) in [6, 6.07) is 4.24. The molecule has 94 valence electrons. The van der Waals surface area contributed by atoms with Crippen LogP contribution in [0.25, 0.3) is 0 Å². The Morgan fingerprint density at radius 1 is 1.35 bits per heavy atom. The van der Waals surface area contributed by atoms with E-state index in [1.807, 2.05) is 6.20 Å². The molecule has 3 heteroatoms. The van der Waals surface area contributed by atoms with Crippen LogP contribution in [0.2, 0.25) is 0 Å². The largest absolute Gasteiger partial charge is 0.316 e. The Morgan fingerprint density at radius 2 is 2.12 bits per heavy atom. The normalized spacial score (nSPS) is 18.5. The lowest BCUT2D eigenvalue weighted by Crippen LogP contribution is -2.34. The zero-order valence-electron chi connectivity index (χ0n) is 10.5. The van der Waals surface area contributed by atoms with E-state index in [1.54, 1.807) is 0 Å². The number of nitrogens with zero attached hydrogens (tertiary/aromatic N) is 1. The molecule has 1 saturated carbocycles. The van der Waals surface area contributed by atoms with Crippen molar-refractivity contribution in [3.8, 4) is 0 Å². The van der Waals surface area contributed by atoms with Crippen molar-refractivity contribution in [3.63, 3.8) is 0 Å². The molecule has 0 spiro atoms. The van der Waals surface area contributed by atoms with Gasteiger partial charge in [0.2, 0.25) is 0 Å². The van der Waals surface area contributed by atoms with E-state index >= 15 is 0 Å². The summed E-state index contributed by atoms with van der Waals surface area (Å²) < 4.78 is 1.06. The molecule has 1 heterocycles. The van der Waals surface area contributed by atoms with Crippen LogP contribution < -0.4 is 5.32 Å². The van der Waals surface area contributed by atoms with Gasteiger partial charge in [-0.05, 0) is 59.3 Å². The summed E-state index contributed by atoms with van der Waals surface area (Å²) in [5.41, 5.74) is 1.68. The third-order valence-electron chi connectivity index (χ3n) is 3.76. The van der Waals surface area contributed by atoms with Crippen LogP contribution in [0, 0.1) is 5.41 Å². The highest BCUT2D eigenvalue weighted by molar-refractivity contribution is 9.10. The summed E-state index contributed by atoms with van der Waals surface area (Å²) in [5, 5.41) is 3.53. The predicted octanol–water partition coefficient (Wildman–Crippen LogP) is 3.56. The van der Waals surface area contributed by atoms with Crippen molar-refractivity contribution in [2.24, 2.45) is 5.41 Å². The smallest absolute Gasteiger partial charge is 0.0413 e. The molecule has 0 aliphatic heterocycles. The first-order valence-corrected chi connectivity index (χ1v) is 7.35. The first-order valence-electron chi connectivity index (χ1n) is 6.55. The van der Waals surface area contributed by atoms with Crippen LogP contribution in [-0.2, 0) is 6.42 Å². The van der Waals surface area contributed by atoms with Crippen LogP contribution in [0.1, 0.15) is 38.3 Å². The molecule has 0 unspecified atom stereocenters. The van der Waals surface area contributed by atoms with Gasteiger partial charge in [0.15, 0.2) is 0 Å². The van der Waals surface area contributed by atoms with E-state index in [4.69, 9.17) is 0 Å². The van der Waals surface area contributed by atoms with Crippen molar-refractivity contribution < 1.29 is 0 Å². The molecule has 1 N–H and O–H groups in total. The number of hydrogen-bond acceptors (Lipinski definition) is 2. The average molecular weight is 297 g/mol. The van der Waals surface area contributed by atoms with Crippen molar-refractivity contribution in [2.75, 3.05) is 13.1 Å². The van der Waals surface area contributed by atoms with E-state index in [0.717, 1.165) is 24.0 Å². The Morgan fingerprint density at radius 3 is 2.71 bits per heavy atom. The molecular weight excluding hydrogens is 276 g/mol. The SMILES string of the molecule is CCNCC1(Cc2ccc(Br)cn2)CCCC1. The quantitative estimate of drug-likeness (QED) is 0.899. The van der Waals surface area contributed by atoms with Gasteiger partial charge in [0.1, 0.15) is 0 Å².